The molecule has 2 aliphatic heterocycles. The summed E-state index contributed by atoms with van der Waals surface area (Å²) in [5.41, 5.74) is 2.06. The first-order valence-corrected chi connectivity index (χ1v) is 10.8. The van der Waals surface area contributed by atoms with E-state index in [1.807, 2.05) is 59.5 Å². The summed E-state index contributed by atoms with van der Waals surface area (Å²) >= 11 is 5.99. The zero-order chi connectivity index (χ0) is 22.1. The number of carbonyl (C=O) groups is 1. The molecule has 1 amide bonds. The summed E-state index contributed by atoms with van der Waals surface area (Å²) in [6.45, 7) is 0.774. The van der Waals surface area contributed by atoms with E-state index in [0.717, 1.165) is 23.3 Å². The second-order valence-corrected chi connectivity index (χ2v) is 8.12. The van der Waals surface area contributed by atoms with Crippen LogP contribution in [0.15, 0.2) is 66.7 Å². The number of nitrogens with zero attached hydrogens (tertiary/aromatic N) is 1. The molecule has 0 aromatic heterocycles. The van der Waals surface area contributed by atoms with Gasteiger partial charge in [0.2, 0.25) is 12.9 Å². The van der Waals surface area contributed by atoms with Gasteiger partial charge in [-0.3, -0.25) is 4.79 Å². The molecule has 5 rings (SSSR count). The van der Waals surface area contributed by atoms with Gasteiger partial charge in [-0.25, -0.2) is 0 Å². The van der Waals surface area contributed by atoms with Crippen molar-refractivity contribution in [2.45, 2.75) is 18.6 Å². The fourth-order valence-electron chi connectivity index (χ4n) is 4.03. The smallest absolute Gasteiger partial charge is 0.266 e. The van der Waals surface area contributed by atoms with Crippen molar-refractivity contribution in [1.29, 1.82) is 0 Å². The minimum Gasteiger partial charge on any atom is -0.497 e. The van der Waals surface area contributed by atoms with Gasteiger partial charge in [0.05, 0.1) is 7.11 Å². The van der Waals surface area contributed by atoms with E-state index in [9.17, 15) is 4.79 Å². The summed E-state index contributed by atoms with van der Waals surface area (Å²) in [6, 6.07) is 20.5. The average Bonchev–Trinajstić information content (AvgIpc) is 3.29. The number of likely N-dealkylation sites (tertiary alicyclic amines) is 1. The average molecular weight is 452 g/mol. The Hall–Kier alpha value is -3.38. The number of methoxy groups -OCH3 is 1. The molecule has 0 aliphatic carbocycles. The van der Waals surface area contributed by atoms with Crippen LogP contribution in [0.1, 0.15) is 17.2 Å². The quantitative estimate of drug-likeness (QED) is 0.489. The Morgan fingerprint density at radius 1 is 0.969 bits per heavy atom. The zero-order valence-electron chi connectivity index (χ0n) is 17.5. The van der Waals surface area contributed by atoms with Gasteiger partial charge in [0.1, 0.15) is 17.5 Å². The van der Waals surface area contributed by atoms with Gasteiger partial charge in [0, 0.05) is 11.6 Å². The summed E-state index contributed by atoms with van der Waals surface area (Å²) in [5, 5.41) is 0.694. The van der Waals surface area contributed by atoms with Crippen molar-refractivity contribution in [3.8, 4) is 23.0 Å². The number of benzene rings is 3. The first kappa shape index (κ1) is 20.5. The Labute approximate surface area is 191 Å². The lowest BCUT2D eigenvalue weighted by Gasteiger charge is -2.47. The molecule has 32 heavy (non-hydrogen) atoms. The fraction of sp³-hybridized carbons (Fsp3) is 0.240. The minimum atomic E-state index is -0.617. The van der Waals surface area contributed by atoms with Crippen LogP contribution in [0, 0.1) is 0 Å². The lowest BCUT2D eigenvalue weighted by atomic mass is 9.89. The molecule has 0 N–H and O–H groups in total. The van der Waals surface area contributed by atoms with Crippen LogP contribution < -0.4 is 18.9 Å². The molecule has 2 heterocycles. The summed E-state index contributed by atoms with van der Waals surface area (Å²) in [4.78, 5) is 14.9. The Balaban J connectivity index is 1.38. The predicted octanol–water partition coefficient (Wildman–Crippen LogP) is 4.65. The Morgan fingerprint density at radius 3 is 2.44 bits per heavy atom. The van der Waals surface area contributed by atoms with Gasteiger partial charge in [0.15, 0.2) is 11.5 Å². The number of hydrogen-bond donors (Lipinski definition) is 0. The largest absolute Gasteiger partial charge is 0.497 e. The van der Waals surface area contributed by atoms with Gasteiger partial charge in [-0.05, 0) is 66.1 Å². The number of halogens is 1. The molecule has 0 saturated carbocycles. The highest BCUT2D eigenvalue weighted by Crippen LogP contribution is 2.42. The summed E-state index contributed by atoms with van der Waals surface area (Å²) in [7, 11) is 1.61. The third-order valence-electron chi connectivity index (χ3n) is 5.76. The van der Waals surface area contributed by atoms with Crippen LogP contribution in [0.5, 0.6) is 23.0 Å². The van der Waals surface area contributed by atoms with Crippen LogP contribution in [-0.4, -0.2) is 37.4 Å². The Kier molecular flexibility index (Phi) is 5.53. The van der Waals surface area contributed by atoms with Crippen LogP contribution in [-0.2, 0) is 11.2 Å². The Morgan fingerprint density at radius 2 is 1.69 bits per heavy atom. The van der Waals surface area contributed by atoms with Crippen molar-refractivity contribution in [2.75, 3.05) is 20.4 Å². The molecule has 0 bridgehead atoms. The number of hydrogen-bond acceptors (Lipinski definition) is 5. The molecule has 3 aromatic rings. The lowest BCUT2D eigenvalue weighted by Crippen LogP contribution is -2.61. The molecule has 2 atom stereocenters. The maximum absolute atomic E-state index is 13.1. The van der Waals surface area contributed by atoms with Crippen LogP contribution in [0.25, 0.3) is 0 Å². The second kappa shape index (κ2) is 8.63. The maximum Gasteiger partial charge on any atom is 0.266 e. The van der Waals surface area contributed by atoms with Crippen molar-refractivity contribution in [1.82, 2.24) is 4.90 Å². The van der Waals surface area contributed by atoms with E-state index in [2.05, 4.69) is 0 Å². The number of ether oxygens (including phenoxy) is 4. The molecule has 1 saturated heterocycles. The van der Waals surface area contributed by atoms with Gasteiger partial charge in [-0.2, -0.15) is 0 Å². The lowest BCUT2D eigenvalue weighted by molar-refractivity contribution is -0.164. The number of amides is 1. The van der Waals surface area contributed by atoms with Crippen LogP contribution in [0.2, 0.25) is 5.02 Å². The van der Waals surface area contributed by atoms with Gasteiger partial charge < -0.3 is 23.8 Å². The van der Waals surface area contributed by atoms with E-state index in [4.69, 9.17) is 30.5 Å². The highest BCUT2D eigenvalue weighted by atomic mass is 35.5. The van der Waals surface area contributed by atoms with E-state index >= 15 is 0 Å². The minimum absolute atomic E-state index is 0.0440. The number of β-lactam (4-membered cyclic amide) rings is 1. The molecule has 6 nitrogen and oxygen atoms in total. The first-order valence-electron chi connectivity index (χ1n) is 10.4. The first-order chi connectivity index (χ1) is 15.6. The van der Waals surface area contributed by atoms with E-state index in [0.29, 0.717) is 28.8 Å². The highest BCUT2D eigenvalue weighted by Gasteiger charge is 2.50. The predicted molar refractivity (Wildman–Crippen MR) is 120 cm³/mol. The van der Waals surface area contributed by atoms with Gasteiger partial charge in [-0.1, -0.05) is 29.8 Å². The molecule has 164 valence electrons. The highest BCUT2D eigenvalue weighted by molar-refractivity contribution is 6.30. The third-order valence-corrected chi connectivity index (χ3v) is 6.02. The van der Waals surface area contributed by atoms with Crippen LogP contribution >= 0.6 is 11.6 Å². The maximum atomic E-state index is 13.1. The molecule has 2 aliphatic rings. The van der Waals surface area contributed by atoms with E-state index in [1.54, 1.807) is 19.2 Å². The number of carbonyl (C=O) groups excluding carboxylic acids is 1. The summed E-state index contributed by atoms with van der Waals surface area (Å²) in [5.74, 6) is 2.70. The summed E-state index contributed by atoms with van der Waals surface area (Å²) < 4.78 is 22.3. The van der Waals surface area contributed by atoms with Crippen molar-refractivity contribution in [3.63, 3.8) is 0 Å². The molecule has 0 spiro atoms. The Bertz CT molecular complexity index is 1120. The molecule has 0 radical (unpaired) electrons. The molecule has 1 fully saturated rings. The zero-order valence-corrected chi connectivity index (χ0v) is 18.2. The summed E-state index contributed by atoms with van der Waals surface area (Å²) in [6.07, 6.45) is 0.105. The normalized spacial score (nSPS) is 18.9. The number of fused-ring (bicyclic) bond motifs is 1. The van der Waals surface area contributed by atoms with Crippen molar-refractivity contribution >= 4 is 17.5 Å². The van der Waals surface area contributed by atoms with Crippen molar-refractivity contribution in [2.24, 2.45) is 0 Å². The van der Waals surface area contributed by atoms with E-state index in [1.165, 1.54) is 0 Å². The van der Waals surface area contributed by atoms with Gasteiger partial charge >= 0.3 is 0 Å². The topological polar surface area (TPSA) is 57.2 Å². The SMILES string of the molecule is COc1ccc(O[C@@H]2C(=O)N(CCc3ccc(Cl)cc3)[C@H]2c2ccc3c(c2)OCO3)cc1. The fourth-order valence-corrected chi connectivity index (χ4v) is 4.16. The van der Waals surface area contributed by atoms with Gasteiger partial charge in [-0.15, -0.1) is 0 Å². The second-order valence-electron chi connectivity index (χ2n) is 7.68. The van der Waals surface area contributed by atoms with Crippen molar-refractivity contribution in [3.05, 3.63) is 82.9 Å². The molecule has 7 heteroatoms. The third kappa shape index (κ3) is 3.94. The van der Waals surface area contributed by atoms with E-state index in [-0.39, 0.29) is 18.7 Å². The molecule has 0 unspecified atom stereocenters. The number of rotatable bonds is 7. The standard InChI is InChI=1S/C25H22ClNO5/c1-29-19-7-9-20(10-8-19)32-24-23(17-4-11-21-22(14-17)31-15-30-21)27(25(24)28)13-12-16-2-5-18(26)6-3-16/h2-11,14,23-24H,12-13,15H2,1H3/t23-,24-/m0/s1. The van der Waals surface area contributed by atoms with Crippen molar-refractivity contribution < 1.29 is 23.7 Å². The monoisotopic (exact) mass is 451 g/mol. The molecule has 3 aromatic carbocycles. The molecular formula is C25H22ClNO5. The van der Waals surface area contributed by atoms with Crippen LogP contribution in [0.4, 0.5) is 0 Å². The van der Waals surface area contributed by atoms with Crippen LogP contribution in [0.3, 0.4) is 0 Å². The molecular weight excluding hydrogens is 430 g/mol. The van der Waals surface area contributed by atoms with E-state index < -0.39 is 6.10 Å². The van der Waals surface area contributed by atoms with Gasteiger partial charge in [0.25, 0.3) is 5.91 Å².